The van der Waals surface area contributed by atoms with E-state index >= 15 is 0 Å². The van der Waals surface area contributed by atoms with Gasteiger partial charge in [0, 0.05) is 6.54 Å². The third kappa shape index (κ3) is 6.12. The Bertz CT molecular complexity index is 1490. The second kappa shape index (κ2) is 10.8. The molecule has 38 heavy (non-hydrogen) atoms. The summed E-state index contributed by atoms with van der Waals surface area (Å²) in [6.07, 6.45) is -0.697. The van der Waals surface area contributed by atoms with Gasteiger partial charge in [-0.3, -0.25) is 10.1 Å². The summed E-state index contributed by atoms with van der Waals surface area (Å²) in [6, 6.07) is 16.0. The van der Waals surface area contributed by atoms with Crippen molar-refractivity contribution in [2.24, 2.45) is 0 Å². The maximum absolute atomic E-state index is 13.3. The lowest BCUT2D eigenvalue weighted by Gasteiger charge is -2.24. The molecule has 0 saturated carbocycles. The largest absolute Gasteiger partial charge is 0.480 e. The van der Waals surface area contributed by atoms with E-state index in [4.69, 9.17) is 4.42 Å². The predicted octanol–water partition coefficient (Wildman–Crippen LogP) is 6.00. The summed E-state index contributed by atoms with van der Waals surface area (Å²) in [6.45, 7) is 2.69. The zero-order valence-electron chi connectivity index (χ0n) is 20.8. The summed E-state index contributed by atoms with van der Waals surface area (Å²) in [4.78, 5) is 15.6. The SMILES string of the molecule is Cc1c(/C=C/c2cc(CN[C@@](C)(CO)C(=O)O)ccc2CC(F)(F)F)cccc1-c1ccc2ncoc2c1. The van der Waals surface area contributed by atoms with Gasteiger partial charge in [0.05, 0.1) is 13.0 Å². The Morgan fingerprint density at radius 2 is 1.84 bits per heavy atom. The monoisotopic (exact) mass is 524 g/mol. The number of alkyl halides is 3. The molecule has 198 valence electrons. The summed E-state index contributed by atoms with van der Waals surface area (Å²) in [5.41, 5.74) is 4.55. The van der Waals surface area contributed by atoms with Gasteiger partial charge in [-0.05, 0) is 64.9 Å². The molecule has 9 heteroatoms. The number of hydrogen-bond donors (Lipinski definition) is 3. The van der Waals surface area contributed by atoms with Gasteiger partial charge in [-0.2, -0.15) is 13.2 Å². The van der Waals surface area contributed by atoms with Gasteiger partial charge in [-0.25, -0.2) is 4.98 Å². The van der Waals surface area contributed by atoms with Gasteiger partial charge in [0.25, 0.3) is 0 Å². The van der Waals surface area contributed by atoms with E-state index in [0.29, 0.717) is 16.7 Å². The number of aromatic nitrogens is 1. The smallest absolute Gasteiger partial charge is 0.393 e. The van der Waals surface area contributed by atoms with Crippen LogP contribution >= 0.6 is 0 Å². The summed E-state index contributed by atoms with van der Waals surface area (Å²) in [7, 11) is 0. The van der Waals surface area contributed by atoms with E-state index < -0.39 is 30.7 Å². The molecule has 0 amide bonds. The number of aliphatic carboxylic acids is 1. The Hall–Kier alpha value is -3.95. The molecule has 0 spiro atoms. The number of hydrogen-bond acceptors (Lipinski definition) is 5. The Kier molecular flexibility index (Phi) is 7.71. The summed E-state index contributed by atoms with van der Waals surface area (Å²) in [5.74, 6) is -1.23. The highest BCUT2D eigenvalue weighted by atomic mass is 19.4. The van der Waals surface area contributed by atoms with Crippen molar-refractivity contribution in [1.82, 2.24) is 10.3 Å². The minimum Gasteiger partial charge on any atom is -0.480 e. The minimum atomic E-state index is -4.39. The number of fused-ring (bicyclic) bond motifs is 1. The second-order valence-electron chi connectivity index (χ2n) is 9.36. The molecule has 3 aromatic carbocycles. The molecule has 0 aliphatic carbocycles. The van der Waals surface area contributed by atoms with Gasteiger partial charge in [-0.15, -0.1) is 0 Å². The highest BCUT2D eigenvalue weighted by Gasteiger charge is 2.32. The second-order valence-corrected chi connectivity index (χ2v) is 9.36. The van der Waals surface area contributed by atoms with Gasteiger partial charge >= 0.3 is 12.1 Å². The molecule has 1 aromatic heterocycles. The van der Waals surface area contributed by atoms with Crippen molar-refractivity contribution in [3.63, 3.8) is 0 Å². The third-order valence-electron chi connectivity index (χ3n) is 6.53. The van der Waals surface area contributed by atoms with Crippen LogP contribution in [-0.2, 0) is 17.8 Å². The molecule has 3 N–H and O–H groups in total. The molecule has 1 atom stereocenters. The van der Waals surface area contributed by atoms with Crippen LogP contribution in [0, 0.1) is 6.92 Å². The van der Waals surface area contributed by atoms with Gasteiger partial charge in [0.1, 0.15) is 11.1 Å². The molecule has 0 saturated heterocycles. The fourth-order valence-electron chi connectivity index (χ4n) is 4.13. The topological polar surface area (TPSA) is 95.6 Å². The molecular formula is C29H27F3N2O4. The van der Waals surface area contributed by atoms with E-state index in [2.05, 4.69) is 10.3 Å². The van der Waals surface area contributed by atoms with Gasteiger partial charge in [0.2, 0.25) is 0 Å². The number of nitrogens with zero attached hydrogens (tertiary/aromatic N) is 1. The summed E-state index contributed by atoms with van der Waals surface area (Å²) in [5, 5.41) is 21.6. The average molecular weight is 525 g/mol. The van der Waals surface area contributed by atoms with Gasteiger partial charge in [0.15, 0.2) is 12.0 Å². The van der Waals surface area contributed by atoms with E-state index in [1.165, 1.54) is 25.5 Å². The zero-order valence-corrected chi connectivity index (χ0v) is 20.8. The lowest BCUT2D eigenvalue weighted by molar-refractivity contribution is -0.146. The van der Waals surface area contributed by atoms with Crippen molar-refractivity contribution in [1.29, 1.82) is 0 Å². The number of aliphatic hydroxyl groups is 1. The van der Waals surface area contributed by atoms with Crippen LogP contribution in [-0.4, -0.2) is 39.5 Å². The first-order valence-electron chi connectivity index (χ1n) is 11.9. The van der Waals surface area contributed by atoms with Crippen LogP contribution in [0.3, 0.4) is 0 Å². The van der Waals surface area contributed by atoms with Crippen molar-refractivity contribution in [2.75, 3.05) is 6.61 Å². The maximum Gasteiger partial charge on any atom is 0.393 e. The number of oxazole rings is 1. The molecule has 4 rings (SSSR count). The molecule has 4 aromatic rings. The minimum absolute atomic E-state index is 0.0507. The molecule has 1 heterocycles. The van der Waals surface area contributed by atoms with Crippen molar-refractivity contribution in [3.05, 3.63) is 88.8 Å². The highest BCUT2D eigenvalue weighted by molar-refractivity contribution is 5.83. The normalized spacial score (nSPS) is 13.7. The highest BCUT2D eigenvalue weighted by Crippen LogP contribution is 2.30. The van der Waals surface area contributed by atoms with E-state index in [1.807, 2.05) is 43.3 Å². The van der Waals surface area contributed by atoms with E-state index in [-0.39, 0.29) is 12.1 Å². The molecule has 0 radical (unpaired) electrons. The Morgan fingerprint density at radius 3 is 2.55 bits per heavy atom. The summed E-state index contributed by atoms with van der Waals surface area (Å²) < 4.78 is 45.2. The molecule has 0 aliphatic rings. The predicted molar refractivity (Wildman–Crippen MR) is 139 cm³/mol. The third-order valence-corrected chi connectivity index (χ3v) is 6.53. The number of halogens is 3. The van der Waals surface area contributed by atoms with Crippen LogP contribution in [0.5, 0.6) is 0 Å². The standard InChI is InChI=1S/C29H27F3N2O4/c1-18-20(4-3-5-24(18)22-10-11-25-26(13-22)38-17-33-25)8-9-21-12-19(6-7-23(21)14-29(30,31)32)15-34-28(2,16-35)27(36)37/h3-13,17,34-35H,14-16H2,1-2H3,(H,36,37)/b9-8+/t28-/m0/s1. The van der Waals surface area contributed by atoms with Crippen LogP contribution in [0.2, 0.25) is 0 Å². The molecule has 0 unspecified atom stereocenters. The number of benzene rings is 3. The van der Waals surface area contributed by atoms with Crippen LogP contribution in [0.15, 0.2) is 65.4 Å². The van der Waals surface area contributed by atoms with Gasteiger partial charge in [-0.1, -0.05) is 54.6 Å². The van der Waals surface area contributed by atoms with Crippen LogP contribution < -0.4 is 5.32 Å². The fourth-order valence-corrected chi connectivity index (χ4v) is 4.13. The lowest BCUT2D eigenvalue weighted by Crippen LogP contribution is -2.52. The number of carbonyl (C=O) groups is 1. The molecule has 6 nitrogen and oxygen atoms in total. The van der Waals surface area contributed by atoms with E-state index in [9.17, 15) is 28.2 Å². The van der Waals surface area contributed by atoms with E-state index in [1.54, 1.807) is 18.2 Å². The quantitative estimate of drug-likeness (QED) is 0.232. The number of carboxylic acids is 1. The number of aliphatic hydroxyl groups excluding tert-OH is 1. The van der Waals surface area contributed by atoms with Crippen LogP contribution in [0.4, 0.5) is 13.2 Å². The van der Waals surface area contributed by atoms with Crippen molar-refractivity contribution < 1.29 is 32.6 Å². The summed E-state index contributed by atoms with van der Waals surface area (Å²) >= 11 is 0. The Balaban J connectivity index is 1.66. The Labute approximate surface area is 217 Å². The van der Waals surface area contributed by atoms with Crippen LogP contribution in [0.25, 0.3) is 34.4 Å². The number of rotatable bonds is 9. The maximum atomic E-state index is 13.3. The van der Waals surface area contributed by atoms with Gasteiger partial charge < -0.3 is 14.6 Å². The zero-order chi connectivity index (χ0) is 27.5. The van der Waals surface area contributed by atoms with Crippen molar-refractivity contribution in [2.45, 2.75) is 38.5 Å². The number of nitrogens with one attached hydrogen (secondary N) is 1. The molecular weight excluding hydrogens is 497 g/mol. The Morgan fingerprint density at radius 1 is 1.08 bits per heavy atom. The average Bonchev–Trinajstić information content (AvgIpc) is 3.34. The molecule has 0 aliphatic heterocycles. The fraction of sp³-hybridized carbons (Fsp3) is 0.241. The lowest BCUT2D eigenvalue weighted by atomic mass is 9.94. The first-order chi connectivity index (χ1) is 18.0. The van der Waals surface area contributed by atoms with Crippen molar-refractivity contribution >= 4 is 29.2 Å². The van der Waals surface area contributed by atoms with E-state index in [0.717, 1.165) is 27.8 Å². The number of carboxylic acid groups (broad SMARTS) is 1. The van der Waals surface area contributed by atoms with Crippen LogP contribution in [0.1, 0.15) is 34.7 Å². The van der Waals surface area contributed by atoms with Crippen molar-refractivity contribution in [3.8, 4) is 11.1 Å². The molecule has 0 bridgehead atoms. The molecule has 0 fully saturated rings. The first-order valence-corrected chi connectivity index (χ1v) is 11.9. The first kappa shape index (κ1) is 27.1.